The van der Waals surface area contributed by atoms with Crippen molar-refractivity contribution >= 4 is 40.6 Å². The Labute approximate surface area is 214 Å². The fourth-order valence-electron chi connectivity index (χ4n) is 3.07. The smallest absolute Gasteiger partial charge is 0.318 e. The molecule has 0 aliphatic carbocycles. The summed E-state index contributed by atoms with van der Waals surface area (Å²) >= 11 is 6.33. The Morgan fingerprint density at radius 3 is 2.27 bits per heavy atom. The van der Waals surface area contributed by atoms with Gasteiger partial charge in [-0.2, -0.15) is 5.26 Å². The first-order valence-electron chi connectivity index (χ1n) is 10.2. The number of benzene rings is 3. The van der Waals surface area contributed by atoms with Crippen LogP contribution in [-0.2, 0) is 4.79 Å². The zero-order valence-corrected chi connectivity index (χ0v) is 20.0. The average molecular weight is 525 g/mol. The molecule has 1 amide bonds. The van der Waals surface area contributed by atoms with Crippen molar-refractivity contribution in [2.45, 2.75) is 0 Å². The first-order valence-corrected chi connectivity index (χ1v) is 10.6. The quantitative estimate of drug-likeness (QED) is 0.164. The van der Waals surface area contributed by atoms with E-state index in [0.29, 0.717) is 17.0 Å². The summed E-state index contributed by atoms with van der Waals surface area (Å²) in [7, 11) is 2.80. The molecule has 0 spiro atoms. The van der Waals surface area contributed by atoms with Crippen molar-refractivity contribution in [2.24, 2.45) is 0 Å². The molecule has 0 heterocycles. The van der Waals surface area contributed by atoms with Crippen LogP contribution in [0.2, 0.25) is 5.02 Å². The first-order chi connectivity index (χ1) is 17.7. The van der Waals surface area contributed by atoms with E-state index in [-0.39, 0.29) is 27.8 Å². The molecular formula is C24H17ClN4O8. The molecule has 0 saturated heterocycles. The van der Waals surface area contributed by atoms with Gasteiger partial charge < -0.3 is 19.5 Å². The number of hydrogen-bond acceptors (Lipinski definition) is 9. The molecule has 37 heavy (non-hydrogen) atoms. The van der Waals surface area contributed by atoms with Crippen molar-refractivity contribution in [3.63, 3.8) is 0 Å². The third kappa shape index (κ3) is 6.30. The second-order valence-corrected chi connectivity index (χ2v) is 7.56. The number of non-ortho nitro benzene ring substituents is 1. The van der Waals surface area contributed by atoms with Gasteiger partial charge in [-0.05, 0) is 54.1 Å². The number of amides is 1. The third-order valence-corrected chi connectivity index (χ3v) is 5.12. The summed E-state index contributed by atoms with van der Waals surface area (Å²) in [6.45, 7) is 0. The minimum absolute atomic E-state index is 0.0271. The normalized spacial score (nSPS) is 10.7. The highest BCUT2D eigenvalue weighted by Gasteiger charge is 2.23. The topological polar surface area (TPSA) is 167 Å². The fraction of sp³-hybridized carbons (Fsp3) is 0.0833. The van der Waals surface area contributed by atoms with E-state index in [1.54, 1.807) is 24.3 Å². The van der Waals surface area contributed by atoms with Gasteiger partial charge in [-0.3, -0.25) is 25.0 Å². The van der Waals surface area contributed by atoms with E-state index in [1.807, 2.05) is 6.07 Å². The van der Waals surface area contributed by atoms with Crippen molar-refractivity contribution in [2.75, 3.05) is 19.5 Å². The van der Waals surface area contributed by atoms with Gasteiger partial charge in [0.2, 0.25) is 5.75 Å². The molecular weight excluding hydrogens is 508 g/mol. The maximum absolute atomic E-state index is 12.6. The Morgan fingerprint density at radius 2 is 1.70 bits per heavy atom. The van der Waals surface area contributed by atoms with E-state index < -0.39 is 27.1 Å². The molecule has 13 heteroatoms. The van der Waals surface area contributed by atoms with Gasteiger partial charge in [0.05, 0.1) is 35.2 Å². The van der Waals surface area contributed by atoms with Crippen LogP contribution < -0.4 is 19.5 Å². The van der Waals surface area contributed by atoms with Gasteiger partial charge in [0, 0.05) is 11.8 Å². The minimum atomic E-state index is -0.833. The second-order valence-electron chi connectivity index (χ2n) is 7.15. The van der Waals surface area contributed by atoms with Crippen LogP contribution in [0.15, 0.2) is 60.2 Å². The molecule has 0 unspecified atom stereocenters. The summed E-state index contributed by atoms with van der Waals surface area (Å²) in [5, 5.41) is 34.4. The van der Waals surface area contributed by atoms with Crippen LogP contribution >= 0.6 is 11.6 Å². The molecule has 0 aliphatic rings. The van der Waals surface area contributed by atoms with E-state index in [1.165, 1.54) is 32.4 Å². The summed E-state index contributed by atoms with van der Waals surface area (Å²) < 4.78 is 15.9. The summed E-state index contributed by atoms with van der Waals surface area (Å²) in [4.78, 5) is 33.4. The molecule has 0 fully saturated rings. The molecule has 3 aromatic rings. The van der Waals surface area contributed by atoms with Gasteiger partial charge in [-0.15, -0.1) is 0 Å². The van der Waals surface area contributed by atoms with Gasteiger partial charge in [-0.1, -0.05) is 11.6 Å². The molecule has 188 valence electrons. The van der Waals surface area contributed by atoms with Crippen molar-refractivity contribution in [3.05, 3.63) is 91.0 Å². The van der Waals surface area contributed by atoms with Crippen LogP contribution in [-0.4, -0.2) is 30.0 Å². The highest BCUT2D eigenvalue weighted by atomic mass is 35.5. The minimum Gasteiger partial charge on any atom is -0.497 e. The zero-order valence-electron chi connectivity index (χ0n) is 19.3. The number of nitrogens with one attached hydrogen (secondary N) is 1. The van der Waals surface area contributed by atoms with E-state index in [4.69, 9.17) is 25.8 Å². The predicted molar refractivity (Wildman–Crippen MR) is 133 cm³/mol. The highest BCUT2D eigenvalue weighted by Crippen LogP contribution is 2.43. The van der Waals surface area contributed by atoms with Crippen LogP contribution in [0.3, 0.4) is 0 Å². The summed E-state index contributed by atoms with van der Waals surface area (Å²) in [5.41, 5.74) is -0.647. The molecule has 0 saturated carbocycles. The number of nitrogens with zero attached hydrogens (tertiary/aromatic N) is 3. The largest absolute Gasteiger partial charge is 0.497 e. The van der Waals surface area contributed by atoms with Gasteiger partial charge in [0.25, 0.3) is 11.6 Å². The molecule has 3 rings (SSSR count). The number of carbonyl (C=O) groups excluding carboxylic acids is 1. The number of methoxy groups -OCH3 is 2. The number of nitro groups is 2. The molecule has 0 radical (unpaired) electrons. The van der Waals surface area contributed by atoms with E-state index in [2.05, 4.69) is 5.32 Å². The number of halogens is 1. The molecule has 1 N–H and O–H groups in total. The Bertz CT molecular complexity index is 1450. The number of nitro benzene ring substituents is 2. The molecule has 0 atom stereocenters. The Morgan fingerprint density at radius 1 is 1.00 bits per heavy atom. The van der Waals surface area contributed by atoms with Crippen molar-refractivity contribution in [1.82, 2.24) is 0 Å². The van der Waals surface area contributed by atoms with E-state index >= 15 is 0 Å². The number of nitriles is 1. The van der Waals surface area contributed by atoms with Crippen LogP contribution in [0, 0.1) is 31.6 Å². The number of rotatable bonds is 9. The summed E-state index contributed by atoms with van der Waals surface area (Å²) in [6.07, 6.45) is 1.27. The molecule has 3 aromatic carbocycles. The van der Waals surface area contributed by atoms with Crippen LogP contribution in [0.25, 0.3) is 6.08 Å². The number of ether oxygens (including phenoxy) is 3. The first kappa shape index (κ1) is 26.5. The van der Waals surface area contributed by atoms with Gasteiger partial charge in [-0.25, -0.2) is 0 Å². The zero-order chi connectivity index (χ0) is 27.1. The van der Waals surface area contributed by atoms with E-state index in [9.17, 15) is 30.3 Å². The maximum atomic E-state index is 12.6. The van der Waals surface area contributed by atoms with Crippen LogP contribution in [0.1, 0.15) is 5.56 Å². The highest BCUT2D eigenvalue weighted by molar-refractivity contribution is 6.32. The monoisotopic (exact) mass is 524 g/mol. The number of anilines is 1. The van der Waals surface area contributed by atoms with Crippen molar-refractivity contribution in [1.29, 1.82) is 5.26 Å². The van der Waals surface area contributed by atoms with Gasteiger partial charge in [0.1, 0.15) is 17.4 Å². The molecule has 0 aliphatic heterocycles. The lowest BCUT2D eigenvalue weighted by Crippen LogP contribution is -2.13. The third-order valence-electron chi connectivity index (χ3n) is 4.84. The van der Waals surface area contributed by atoms with E-state index in [0.717, 1.165) is 18.2 Å². The predicted octanol–water partition coefficient (Wildman–Crippen LogP) is 5.51. The summed E-state index contributed by atoms with van der Waals surface area (Å²) in [6, 6.07) is 13.9. The van der Waals surface area contributed by atoms with Gasteiger partial charge >= 0.3 is 5.69 Å². The molecule has 12 nitrogen and oxygen atoms in total. The lowest BCUT2D eigenvalue weighted by molar-refractivity contribution is -0.394. The lowest BCUT2D eigenvalue weighted by atomic mass is 10.1. The standard InChI is InChI=1S/C24H17ClN4O8/c1-35-18-6-3-16(4-7-18)27-24(30)15(13-26)9-14-10-19(25)23(22(11-14)36-2)37-21-8-5-17(28(31)32)12-20(21)29(33)34/h3-12H,1-2H3,(H,27,30)/b15-9+. The van der Waals surface area contributed by atoms with Crippen LogP contribution in [0.4, 0.5) is 17.1 Å². The SMILES string of the molecule is COc1ccc(NC(=O)/C(C#N)=C/c2cc(Cl)c(Oc3ccc([N+](=O)[O-])cc3[N+](=O)[O-])c(OC)c2)cc1. The van der Waals surface area contributed by atoms with Crippen LogP contribution in [0.5, 0.6) is 23.0 Å². The molecule has 0 bridgehead atoms. The number of carbonyl (C=O) groups is 1. The Hall–Kier alpha value is -5.15. The molecule has 0 aromatic heterocycles. The number of hydrogen-bond donors (Lipinski definition) is 1. The van der Waals surface area contributed by atoms with Crippen molar-refractivity contribution in [3.8, 4) is 29.1 Å². The second kappa shape index (κ2) is 11.5. The summed E-state index contributed by atoms with van der Waals surface area (Å²) in [5.74, 6) is -0.476. The van der Waals surface area contributed by atoms with Crippen molar-refractivity contribution < 1.29 is 28.9 Å². The fourth-order valence-corrected chi connectivity index (χ4v) is 3.33. The van der Waals surface area contributed by atoms with Gasteiger partial charge in [0.15, 0.2) is 11.5 Å². The lowest BCUT2D eigenvalue weighted by Gasteiger charge is -2.13. The Kier molecular flexibility index (Phi) is 8.24. The average Bonchev–Trinajstić information content (AvgIpc) is 2.88. The Balaban J connectivity index is 1.92. The maximum Gasteiger partial charge on any atom is 0.318 e.